The van der Waals surface area contributed by atoms with Crippen molar-refractivity contribution in [2.45, 2.75) is 65.3 Å². The SMILES string of the molecule is CC/C=C\C[C@H]1C(=O)CC[C@@H]1CC(=O)N[C@H](C(=O)O)[C@H](C)CC. The van der Waals surface area contributed by atoms with Gasteiger partial charge in [0.25, 0.3) is 0 Å². The molecule has 0 radical (unpaired) electrons. The molecular weight excluding hydrogens is 294 g/mol. The molecule has 0 aromatic heterocycles. The van der Waals surface area contributed by atoms with Gasteiger partial charge in [0.15, 0.2) is 0 Å². The fourth-order valence-corrected chi connectivity index (χ4v) is 3.11. The molecule has 0 saturated heterocycles. The van der Waals surface area contributed by atoms with E-state index >= 15 is 0 Å². The van der Waals surface area contributed by atoms with Crippen LogP contribution in [0, 0.1) is 17.8 Å². The largest absolute Gasteiger partial charge is 0.480 e. The minimum absolute atomic E-state index is 0.0235. The van der Waals surface area contributed by atoms with E-state index in [1.807, 2.05) is 32.9 Å². The number of allylic oxidation sites excluding steroid dienone is 2. The van der Waals surface area contributed by atoms with Crippen LogP contribution in [0.1, 0.15) is 59.3 Å². The molecule has 1 aliphatic carbocycles. The van der Waals surface area contributed by atoms with Gasteiger partial charge in [0.2, 0.25) is 5.91 Å². The summed E-state index contributed by atoms with van der Waals surface area (Å²) in [7, 11) is 0. The Morgan fingerprint density at radius 1 is 1.35 bits per heavy atom. The zero-order valence-corrected chi connectivity index (χ0v) is 14.4. The van der Waals surface area contributed by atoms with Crippen molar-refractivity contribution in [1.29, 1.82) is 0 Å². The summed E-state index contributed by atoms with van der Waals surface area (Å²) in [6, 6.07) is -0.858. The maximum atomic E-state index is 12.2. The minimum atomic E-state index is -1.00. The first kappa shape index (κ1) is 19.4. The molecule has 0 aromatic carbocycles. The Balaban J connectivity index is 2.62. The number of rotatable bonds is 9. The van der Waals surface area contributed by atoms with Gasteiger partial charge < -0.3 is 10.4 Å². The summed E-state index contributed by atoms with van der Waals surface area (Å²) in [6.07, 6.45) is 7.82. The normalized spacial score (nSPS) is 23.9. The number of carbonyl (C=O) groups is 3. The van der Waals surface area contributed by atoms with E-state index in [2.05, 4.69) is 5.32 Å². The summed E-state index contributed by atoms with van der Waals surface area (Å²) < 4.78 is 0. The molecule has 0 bridgehead atoms. The number of carboxylic acid groups (broad SMARTS) is 1. The Labute approximate surface area is 138 Å². The number of nitrogens with one attached hydrogen (secondary N) is 1. The maximum Gasteiger partial charge on any atom is 0.326 e. The first-order chi connectivity index (χ1) is 10.9. The second-order valence-corrected chi connectivity index (χ2v) is 6.46. The van der Waals surface area contributed by atoms with Gasteiger partial charge in [-0.15, -0.1) is 0 Å². The Morgan fingerprint density at radius 3 is 2.61 bits per heavy atom. The summed E-state index contributed by atoms with van der Waals surface area (Å²) in [5, 5.41) is 11.9. The van der Waals surface area contributed by atoms with Crippen LogP contribution in [0.25, 0.3) is 0 Å². The van der Waals surface area contributed by atoms with Crippen molar-refractivity contribution in [3.63, 3.8) is 0 Å². The van der Waals surface area contributed by atoms with Crippen molar-refractivity contribution in [1.82, 2.24) is 5.32 Å². The fourth-order valence-electron chi connectivity index (χ4n) is 3.11. The van der Waals surface area contributed by atoms with Crippen LogP contribution in [0.4, 0.5) is 0 Å². The second-order valence-electron chi connectivity index (χ2n) is 6.46. The predicted molar refractivity (Wildman–Crippen MR) is 88.9 cm³/mol. The Bertz CT molecular complexity index is 458. The number of amides is 1. The topological polar surface area (TPSA) is 83.5 Å². The van der Waals surface area contributed by atoms with E-state index in [0.717, 1.165) is 12.8 Å². The van der Waals surface area contributed by atoms with Crippen LogP contribution >= 0.6 is 0 Å². The van der Waals surface area contributed by atoms with Crippen LogP contribution in [0.5, 0.6) is 0 Å². The van der Waals surface area contributed by atoms with E-state index < -0.39 is 12.0 Å². The third kappa shape index (κ3) is 5.81. The first-order valence-electron chi connectivity index (χ1n) is 8.60. The first-order valence-corrected chi connectivity index (χ1v) is 8.60. The number of aliphatic carboxylic acids is 1. The standard InChI is InChI=1S/C18H29NO4/c1-4-6-7-8-14-13(9-10-15(14)20)11-16(21)19-17(18(22)23)12(3)5-2/h6-7,12-14,17H,4-5,8-11H2,1-3H3,(H,19,21)(H,22,23)/b7-6-/t12-,13-,14-,17+/m1/s1. The van der Waals surface area contributed by atoms with Crippen molar-refractivity contribution >= 4 is 17.7 Å². The Kier molecular flexibility index (Phi) is 8.00. The van der Waals surface area contributed by atoms with Crippen molar-refractivity contribution in [3.05, 3.63) is 12.2 Å². The molecule has 130 valence electrons. The lowest BCUT2D eigenvalue weighted by Crippen LogP contribution is -2.45. The van der Waals surface area contributed by atoms with Gasteiger partial charge >= 0.3 is 5.97 Å². The van der Waals surface area contributed by atoms with Gasteiger partial charge in [-0.05, 0) is 31.1 Å². The molecule has 1 rings (SSSR count). The van der Waals surface area contributed by atoms with Gasteiger partial charge in [-0.3, -0.25) is 9.59 Å². The number of ketones is 1. The molecule has 1 fully saturated rings. The fraction of sp³-hybridized carbons (Fsp3) is 0.722. The number of carbonyl (C=O) groups excluding carboxylic acids is 2. The molecule has 4 atom stereocenters. The third-order valence-electron chi connectivity index (χ3n) is 4.78. The van der Waals surface area contributed by atoms with E-state index in [1.165, 1.54) is 0 Å². The highest BCUT2D eigenvalue weighted by molar-refractivity contribution is 5.87. The lowest BCUT2D eigenvalue weighted by molar-refractivity contribution is -0.143. The molecule has 0 aromatic rings. The van der Waals surface area contributed by atoms with Crippen LogP contribution in [0.15, 0.2) is 12.2 Å². The molecule has 5 nitrogen and oxygen atoms in total. The zero-order valence-electron chi connectivity index (χ0n) is 14.4. The molecule has 23 heavy (non-hydrogen) atoms. The highest BCUT2D eigenvalue weighted by atomic mass is 16.4. The zero-order chi connectivity index (χ0) is 17.4. The Morgan fingerprint density at radius 2 is 2.04 bits per heavy atom. The van der Waals surface area contributed by atoms with Gasteiger partial charge in [0.05, 0.1) is 0 Å². The molecule has 0 spiro atoms. The number of carboxylic acids is 1. The molecule has 0 heterocycles. The third-order valence-corrected chi connectivity index (χ3v) is 4.78. The van der Waals surface area contributed by atoms with Crippen LogP contribution in [-0.2, 0) is 14.4 Å². The molecule has 2 N–H and O–H groups in total. The van der Waals surface area contributed by atoms with Gasteiger partial charge in [-0.25, -0.2) is 4.79 Å². The van der Waals surface area contributed by atoms with E-state index in [9.17, 15) is 19.5 Å². The maximum absolute atomic E-state index is 12.2. The average molecular weight is 323 g/mol. The van der Waals surface area contributed by atoms with Crippen LogP contribution in [0.2, 0.25) is 0 Å². The van der Waals surface area contributed by atoms with Gasteiger partial charge in [0.1, 0.15) is 11.8 Å². The second kappa shape index (κ2) is 9.48. The van der Waals surface area contributed by atoms with E-state index in [0.29, 0.717) is 19.3 Å². The van der Waals surface area contributed by atoms with E-state index in [1.54, 1.807) is 0 Å². The molecule has 1 aliphatic rings. The van der Waals surface area contributed by atoms with Gasteiger partial charge in [-0.1, -0.05) is 39.3 Å². The molecule has 5 heteroatoms. The number of hydrogen-bond donors (Lipinski definition) is 2. The van der Waals surface area contributed by atoms with Crippen LogP contribution < -0.4 is 5.32 Å². The summed E-state index contributed by atoms with van der Waals surface area (Å²) >= 11 is 0. The van der Waals surface area contributed by atoms with Crippen molar-refractivity contribution in [3.8, 4) is 0 Å². The summed E-state index contributed by atoms with van der Waals surface area (Å²) in [5.41, 5.74) is 0. The number of hydrogen-bond acceptors (Lipinski definition) is 3. The predicted octanol–water partition coefficient (Wildman–Crippen LogP) is 2.94. The van der Waals surface area contributed by atoms with E-state index in [4.69, 9.17) is 0 Å². The molecule has 0 aliphatic heterocycles. The van der Waals surface area contributed by atoms with Gasteiger partial charge in [0, 0.05) is 18.8 Å². The summed E-state index contributed by atoms with van der Waals surface area (Å²) in [4.78, 5) is 35.5. The summed E-state index contributed by atoms with van der Waals surface area (Å²) in [6.45, 7) is 5.76. The van der Waals surface area contributed by atoms with Gasteiger partial charge in [-0.2, -0.15) is 0 Å². The average Bonchev–Trinajstić information content (AvgIpc) is 2.84. The molecular formula is C18H29NO4. The highest BCUT2D eigenvalue weighted by Gasteiger charge is 2.35. The van der Waals surface area contributed by atoms with Crippen LogP contribution in [0.3, 0.4) is 0 Å². The molecule has 1 amide bonds. The lowest BCUT2D eigenvalue weighted by atomic mass is 9.89. The van der Waals surface area contributed by atoms with Crippen molar-refractivity contribution in [2.75, 3.05) is 0 Å². The lowest BCUT2D eigenvalue weighted by Gasteiger charge is -2.22. The molecule has 1 saturated carbocycles. The van der Waals surface area contributed by atoms with Crippen molar-refractivity contribution < 1.29 is 19.5 Å². The van der Waals surface area contributed by atoms with Crippen molar-refractivity contribution in [2.24, 2.45) is 17.8 Å². The summed E-state index contributed by atoms with van der Waals surface area (Å²) in [5.74, 6) is -1.24. The minimum Gasteiger partial charge on any atom is -0.480 e. The Hall–Kier alpha value is -1.65. The van der Waals surface area contributed by atoms with Crippen LogP contribution in [-0.4, -0.2) is 28.8 Å². The molecule has 0 unspecified atom stereocenters. The highest BCUT2D eigenvalue weighted by Crippen LogP contribution is 2.34. The van der Waals surface area contributed by atoms with E-state index in [-0.39, 0.29) is 35.9 Å². The number of Topliss-reactive ketones (excluding diaryl/α,β-unsaturated/α-hetero) is 1. The monoisotopic (exact) mass is 323 g/mol. The quantitative estimate of drug-likeness (QED) is 0.639. The smallest absolute Gasteiger partial charge is 0.326 e.